The molecule has 3 aromatic rings. The van der Waals surface area contributed by atoms with Crippen LogP contribution in [0.15, 0.2) is 90.0 Å². The first-order valence-corrected chi connectivity index (χ1v) is 51.2. The van der Waals surface area contributed by atoms with Crippen molar-refractivity contribution in [2.45, 2.75) is 239 Å². The fourth-order valence-electron chi connectivity index (χ4n) is 12.7. The summed E-state index contributed by atoms with van der Waals surface area (Å²) < 4.78 is 82.6. The van der Waals surface area contributed by atoms with E-state index in [1.165, 1.54) is 65.7 Å². The fraction of sp³-hybridized carbons (Fsp3) is 0.744. The van der Waals surface area contributed by atoms with Gasteiger partial charge in [0.15, 0.2) is 6.29 Å². The molecular formula is C86H161FN18O31S4. The maximum absolute atomic E-state index is 12.3. The van der Waals surface area contributed by atoms with Crippen LogP contribution in [-0.2, 0) is 68.3 Å². The minimum atomic E-state index is -3.79. The van der Waals surface area contributed by atoms with Gasteiger partial charge in [0.1, 0.15) is 98.9 Å². The van der Waals surface area contributed by atoms with Gasteiger partial charge >= 0.3 is 12.2 Å². The van der Waals surface area contributed by atoms with Crippen molar-refractivity contribution < 1.29 is 156 Å². The molecule has 2 fully saturated rings. The highest BCUT2D eigenvalue weighted by Crippen LogP contribution is 2.27. The summed E-state index contributed by atoms with van der Waals surface area (Å²) in [5.41, 5.74) is 18.4. The van der Waals surface area contributed by atoms with Crippen LogP contribution in [0.1, 0.15) is 109 Å². The number of nitrogens with one attached hydrogen (secondary N) is 12. The number of unbranched alkanes of at least 4 members (excludes halogenated alkanes) is 1. The number of benzene rings is 3. The van der Waals surface area contributed by atoms with Crippen molar-refractivity contribution in [3.63, 3.8) is 0 Å². The average molecular weight is 2090 g/mol. The molecule has 19 atom stereocenters. The Morgan fingerprint density at radius 1 is 0.529 bits per heavy atom. The Hall–Kier alpha value is -4.93. The van der Waals surface area contributed by atoms with Crippen LogP contribution < -0.4 is 81.0 Å². The van der Waals surface area contributed by atoms with E-state index in [0.29, 0.717) is 50.0 Å². The zero-order valence-corrected chi connectivity index (χ0v) is 84.5. The van der Waals surface area contributed by atoms with E-state index in [4.69, 9.17) is 84.5 Å². The number of aliphatic hydroxyl groups is 14. The van der Waals surface area contributed by atoms with Gasteiger partial charge in [-0.3, -0.25) is 88.1 Å². The Morgan fingerprint density at radius 3 is 1.59 bits per heavy atom. The van der Waals surface area contributed by atoms with E-state index in [2.05, 4.69) is 63.8 Å². The number of β-amino-alcohol motifs (C(OH)–C–C–N with tert-alkyl or cyclic N) is 1. The molecule has 0 saturated carbocycles. The fourth-order valence-corrected chi connectivity index (χ4v) is 17.0. The summed E-state index contributed by atoms with van der Waals surface area (Å²) in [6.07, 6.45) is -17.0. The van der Waals surface area contributed by atoms with E-state index in [9.17, 15) is 88.8 Å². The summed E-state index contributed by atoms with van der Waals surface area (Å²) in [7, 11) is 1.48. The van der Waals surface area contributed by atoms with Crippen LogP contribution in [0.2, 0.25) is 0 Å². The zero-order chi connectivity index (χ0) is 104. The number of thioether (sulfide) groups is 1. The van der Waals surface area contributed by atoms with Crippen LogP contribution in [0.25, 0.3) is 6.08 Å². The molecule has 0 aromatic heterocycles. The Labute approximate surface area is 831 Å². The van der Waals surface area contributed by atoms with Gasteiger partial charge in [0, 0.05) is 75.2 Å². The van der Waals surface area contributed by atoms with Crippen molar-refractivity contribution in [2.75, 3.05) is 176 Å². The number of fused-ring (bicyclic) bond motifs is 5. The van der Waals surface area contributed by atoms with Crippen molar-refractivity contribution in [1.82, 2.24) is 79.2 Å². The average Bonchev–Trinajstić information content (AvgIpc) is 1.06. The lowest BCUT2D eigenvalue weighted by Gasteiger charge is -2.36. The smallest absolute Gasteiger partial charge is 0.434 e. The van der Waals surface area contributed by atoms with Gasteiger partial charge < -0.3 is 127 Å². The highest BCUT2D eigenvalue weighted by molar-refractivity contribution is 8.76. The Morgan fingerprint density at radius 2 is 1.04 bits per heavy atom. The van der Waals surface area contributed by atoms with E-state index < -0.39 is 176 Å². The second-order valence-corrected chi connectivity index (χ2v) is 39.5. The molecule has 0 unspecified atom stereocenters. The molecule has 0 radical (unpaired) electrons. The lowest BCUT2D eigenvalue weighted by molar-refractivity contribution is -0.266. The SMILES string of the molecule is CN(OCCOCC[18F])C(=O)OC(C)(C)C.Cc1ccc(S(=O)(=O)OCCOCCON(C)C(=O)OC(C)(C)C)cc1.NC(N)NCCC[C@@H]1N[C@@H](O)[C@@H]2CSSC[C@H](N[C@H](O)[C@H](CC(O)O)N[C@@H](O)CN[C@@H]1O)[C@H](O)N[C@@H](Cc1ccccc1)[C@@H](O)N[C@H]([C@H](O)NCCOCCOCCOCCN[C@H](O)COC[C@@H](N)O)CSC[C@H](O)N[C@@H](CCCCN[C@@H](O)c1ccc(/C=C/N(O)O)cc1)[C@@H](O)N2. The standard InChI is InChI=1S/C59H114N16O20S3.C17H27NO7S.C10H20FNO4/c60-46(76)30-95-31-48(78)63-18-21-92-23-25-94-26-24-93-22-19-65-53(84)43-32-96-35-49(79)68-40(9-4-5-16-64-51(82)38-13-11-36(12-14-38)15-20-75(90)91)54(85)73-44-33-97-98-34-45(58(89)71-41(55(86)72-43)27-37-7-2-1-3-8-37)74-56(87)42(28-50(80)81)69-47(77)29-67-52(83)39(70-57(44)88)10-6-17-66-59(61)62;1-14-6-8-15(9-7-14)26(20,21)24-13-11-22-10-12-23-18(5)16(19)25-17(2,3)4;1-10(2,3)16-9(13)12(4)15-8-7-14-6-5-11/h1-3,7-8,11-15,20,39-59,63-74,76-91H,4-6,9-10,16-19,21-35,60-62H2;6-9H,10-13H2,1-5H3;5-8H2,1-4H3/b20-15+;;/t39-,40-,41-,42-,43-,44-,45-,46-,47-,48+,49-,51-,52+,53-,54+,55+,56+,57-,58-;;/m0../s1/i;;11-1. The number of nitrogens with zero attached hydrogens (tertiary/aromatic N) is 3. The Bertz CT molecular complexity index is 3770. The summed E-state index contributed by atoms with van der Waals surface area (Å²) in [5.74, 6) is 0.0287. The molecule has 3 aromatic carbocycles. The molecule has 2 aliphatic heterocycles. The Kier molecular flexibility index (Phi) is 68.3. The minimum Gasteiger partial charge on any atom is -0.442 e. The number of hydrogen-bond acceptors (Lipinski definition) is 50. The minimum absolute atomic E-state index is 0.0228. The van der Waals surface area contributed by atoms with Crippen molar-refractivity contribution in [3.05, 3.63) is 107 Å². The van der Waals surface area contributed by atoms with Crippen LogP contribution in [0.4, 0.5) is 14.0 Å². The van der Waals surface area contributed by atoms with Gasteiger partial charge in [-0.05, 0) is 129 Å². The molecule has 2 amide bonds. The molecule has 140 heavy (non-hydrogen) atoms. The van der Waals surface area contributed by atoms with Crippen molar-refractivity contribution in [2.24, 2.45) is 17.2 Å². The number of aliphatic hydroxyl groups excluding tert-OH is 13. The second-order valence-electron chi connectivity index (χ2n) is 34.2. The molecule has 2 heterocycles. The number of hydroxylamine groups is 6. The van der Waals surface area contributed by atoms with Crippen molar-refractivity contribution >= 4 is 61.7 Å². The van der Waals surface area contributed by atoms with Crippen molar-refractivity contribution in [1.29, 1.82) is 0 Å². The van der Waals surface area contributed by atoms with E-state index in [0.717, 1.165) is 27.5 Å². The Balaban J connectivity index is 0.000000978. The van der Waals surface area contributed by atoms with Gasteiger partial charge in [0.05, 0.1) is 140 Å². The molecule has 2 bridgehead atoms. The van der Waals surface area contributed by atoms with Gasteiger partial charge in [-0.25, -0.2) is 14.0 Å². The molecule has 2 aliphatic rings. The van der Waals surface area contributed by atoms with Crippen molar-refractivity contribution in [3.8, 4) is 0 Å². The van der Waals surface area contributed by atoms with E-state index >= 15 is 0 Å². The van der Waals surface area contributed by atoms with E-state index in [1.807, 2.05) is 25.1 Å². The summed E-state index contributed by atoms with van der Waals surface area (Å²) in [6, 6.07) is 14.8. The number of carbonyl (C=O) groups excluding carboxylic acids is 2. The maximum atomic E-state index is 12.3. The molecule has 0 spiro atoms. The molecule has 54 heteroatoms. The third-order valence-corrected chi connectivity index (χ3v) is 24.6. The van der Waals surface area contributed by atoms with Gasteiger partial charge in [-0.1, -0.05) is 100 Å². The molecular weight excluding hydrogens is 1930 g/mol. The highest BCUT2D eigenvalue weighted by atomic mass is 33.1. The topological polar surface area (TPSA) is 726 Å². The van der Waals surface area contributed by atoms with Gasteiger partial charge in [-0.15, -0.1) is 5.23 Å². The zero-order valence-electron chi connectivity index (χ0n) is 81.3. The first-order valence-electron chi connectivity index (χ1n) is 46.1. The number of carbonyl (C=O) groups is 2. The molecule has 49 nitrogen and oxygen atoms in total. The number of nitrogens with two attached hydrogens (primary N) is 3. The molecule has 812 valence electrons. The normalized spacial score (nSPS) is 23.8. The third kappa shape index (κ3) is 62.3. The van der Waals surface area contributed by atoms with Crippen LogP contribution in [0, 0.1) is 6.92 Å². The first-order chi connectivity index (χ1) is 66.3. The summed E-state index contributed by atoms with van der Waals surface area (Å²) in [4.78, 5) is 33.3. The number of ether oxygens (including phenoxy) is 8. The number of halogens is 1. The number of alkyl halides is 1. The summed E-state index contributed by atoms with van der Waals surface area (Å²) in [5, 5.41) is 214. The molecule has 0 aliphatic carbocycles. The molecule has 34 N–H and O–H groups in total. The lowest BCUT2D eigenvalue weighted by Crippen LogP contribution is -2.64. The maximum Gasteiger partial charge on any atom is 0.434 e. The number of rotatable bonds is 52. The van der Waals surface area contributed by atoms with Crippen LogP contribution >= 0.6 is 33.3 Å². The van der Waals surface area contributed by atoms with E-state index in [1.54, 1.807) is 90.1 Å². The van der Waals surface area contributed by atoms with Crippen LogP contribution in [0.3, 0.4) is 0 Å². The highest BCUT2D eigenvalue weighted by Gasteiger charge is 2.37. The van der Waals surface area contributed by atoms with Crippen LogP contribution in [-0.4, -0.2) is 428 Å². The van der Waals surface area contributed by atoms with Gasteiger partial charge in [0.25, 0.3) is 10.1 Å². The largest absolute Gasteiger partial charge is 0.442 e. The predicted octanol–water partition coefficient (Wildman–Crippen LogP) is -4.57. The molecule has 5 rings (SSSR count). The lowest BCUT2D eigenvalue weighted by atomic mass is 10.0. The summed E-state index contributed by atoms with van der Waals surface area (Å²) in [6.45, 7) is 14.5. The number of amides is 2. The molecule has 2 saturated heterocycles. The first kappa shape index (κ1) is 129. The number of aryl methyl sites for hydroxylation is 1. The van der Waals surface area contributed by atoms with Gasteiger partial charge in [-0.2, -0.15) is 30.3 Å². The van der Waals surface area contributed by atoms with Gasteiger partial charge in [0.2, 0.25) is 0 Å². The monoisotopic (exact) mass is 2090 g/mol. The van der Waals surface area contributed by atoms with E-state index in [-0.39, 0.29) is 165 Å². The number of hydrogen-bond donors (Lipinski definition) is 31. The third-order valence-electron chi connectivity index (χ3n) is 19.7. The summed E-state index contributed by atoms with van der Waals surface area (Å²) >= 11 is 1.20. The quantitative estimate of drug-likeness (QED) is 0.00832. The predicted molar refractivity (Wildman–Crippen MR) is 520 cm³/mol. The van der Waals surface area contributed by atoms with Crippen LogP contribution in [0.5, 0.6) is 0 Å². The second kappa shape index (κ2) is 74.0.